The molecule has 2 aliphatic heterocycles. The van der Waals surface area contributed by atoms with Crippen LogP contribution in [0.5, 0.6) is 0 Å². The van der Waals surface area contributed by atoms with Crippen LogP contribution < -0.4 is 11.1 Å². The summed E-state index contributed by atoms with van der Waals surface area (Å²) in [4.78, 5) is 28.2. The van der Waals surface area contributed by atoms with Crippen molar-refractivity contribution in [3.63, 3.8) is 0 Å². The van der Waals surface area contributed by atoms with Gasteiger partial charge in [0, 0.05) is 13.1 Å². The van der Waals surface area contributed by atoms with Crippen molar-refractivity contribution in [2.45, 2.75) is 38.3 Å². The molecule has 132 valence electrons. The third kappa shape index (κ3) is 3.26. The second kappa shape index (κ2) is 6.84. The number of nitrogens with one attached hydrogen (secondary N) is 1. The van der Waals surface area contributed by atoms with Crippen molar-refractivity contribution in [3.05, 3.63) is 24.2 Å². The lowest BCUT2D eigenvalue weighted by Gasteiger charge is -2.51. The number of urea groups is 1. The summed E-state index contributed by atoms with van der Waals surface area (Å²) in [5.74, 6) is 0.493. The highest BCUT2D eigenvalue weighted by Crippen LogP contribution is 2.44. The fourth-order valence-electron chi connectivity index (χ4n) is 4.30. The molecule has 7 nitrogen and oxygen atoms in total. The molecule has 7 heteroatoms. The average Bonchev–Trinajstić information content (AvgIpc) is 3.06. The van der Waals surface area contributed by atoms with Gasteiger partial charge in [0.2, 0.25) is 5.91 Å². The fourth-order valence-corrected chi connectivity index (χ4v) is 4.30. The van der Waals surface area contributed by atoms with E-state index in [0.29, 0.717) is 19.6 Å². The molecule has 3 N–H and O–H groups in total. The highest BCUT2D eigenvalue weighted by atomic mass is 16.3. The maximum absolute atomic E-state index is 12.3. The summed E-state index contributed by atoms with van der Waals surface area (Å²) in [5, 5.41) is 2.88. The molecule has 2 aliphatic rings. The van der Waals surface area contributed by atoms with Crippen LogP contribution in [0.25, 0.3) is 0 Å². The van der Waals surface area contributed by atoms with Crippen LogP contribution >= 0.6 is 0 Å². The van der Waals surface area contributed by atoms with Gasteiger partial charge in [0.25, 0.3) is 0 Å². The van der Waals surface area contributed by atoms with Gasteiger partial charge in [0.05, 0.1) is 18.8 Å². The summed E-state index contributed by atoms with van der Waals surface area (Å²) < 4.78 is 5.22. The van der Waals surface area contributed by atoms with Crippen molar-refractivity contribution >= 4 is 11.9 Å². The molecule has 0 aromatic carbocycles. The van der Waals surface area contributed by atoms with Crippen LogP contribution in [0, 0.1) is 5.41 Å². The predicted molar refractivity (Wildman–Crippen MR) is 89.0 cm³/mol. The van der Waals surface area contributed by atoms with E-state index in [0.717, 1.165) is 38.0 Å². The van der Waals surface area contributed by atoms with Crippen LogP contribution in [0.4, 0.5) is 4.79 Å². The maximum Gasteiger partial charge on any atom is 0.317 e. The number of primary amides is 1. The Morgan fingerprint density at radius 3 is 2.71 bits per heavy atom. The monoisotopic (exact) mass is 334 g/mol. The Labute approximate surface area is 142 Å². The summed E-state index contributed by atoms with van der Waals surface area (Å²) in [6, 6.07) is 3.33. The van der Waals surface area contributed by atoms with E-state index in [9.17, 15) is 9.59 Å². The van der Waals surface area contributed by atoms with E-state index in [4.69, 9.17) is 10.2 Å². The van der Waals surface area contributed by atoms with Crippen LogP contribution in [0.15, 0.2) is 22.8 Å². The normalized spacial score (nSPS) is 24.0. The molecule has 0 saturated carbocycles. The molecule has 1 aromatic heterocycles. The number of carbonyl (C=O) groups is 2. The Hall–Kier alpha value is -2.02. The van der Waals surface area contributed by atoms with Gasteiger partial charge in [-0.25, -0.2) is 4.79 Å². The van der Waals surface area contributed by atoms with E-state index < -0.39 is 0 Å². The second-order valence-electron chi connectivity index (χ2n) is 6.98. The number of amides is 3. The van der Waals surface area contributed by atoms with Crippen LogP contribution in [0.1, 0.15) is 31.4 Å². The first-order valence-electron chi connectivity index (χ1n) is 8.56. The molecule has 1 atom stereocenters. The number of furan rings is 1. The van der Waals surface area contributed by atoms with Gasteiger partial charge in [-0.05, 0) is 56.8 Å². The predicted octanol–water partition coefficient (Wildman–Crippen LogP) is 1.15. The highest BCUT2D eigenvalue weighted by Gasteiger charge is 2.48. The number of rotatable bonds is 3. The average molecular weight is 334 g/mol. The Kier molecular flexibility index (Phi) is 4.80. The maximum atomic E-state index is 12.3. The van der Waals surface area contributed by atoms with E-state index in [-0.39, 0.29) is 23.4 Å². The van der Waals surface area contributed by atoms with Crippen molar-refractivity contribution in [2.24, 2.45) is 11.1 Å². The summed E-state index contributed by atoms with van der Waals surface area (Å²) in [5.41, 5.74) is 5.59. The third-order valence-electron chi connectivity index (χ3n) is 5.52. The van der Waals surface area contributed by atoms with Crippen molar-refractivity contribution in [2.75, 3.05) is 26.7 Å². The Balaban J connectivity index is 1.58. The molecule has 1 aromatic rings. The molecule has 3 heterocycles. The van der Waals surface area contributed by atoms with Crippen LogP contribution in [-0.4, -0.2) is 54.5 Å². The topological polar surface area (TPSA) is 91.8 Å². The van der Waals surface area contributed by atoms with E-state index in [1.807, 2.05) is 18.0 Å². The molecule has 24 heavy (non-hydrogen) atoms. The van der Waals surface area contributed by atoms with E-state index in [1.165, 1.54) is 0 Å². The number of hydrogen-bond donors (Lipinski definition) is 2. The zero-order valence-electron chi connectivity index (χ0n) is 14.2. The molecule has 0 bridgehead atoms. The van der Waals surface area contributed by atoms with Crippen molar-refractivity contribution < 1.29 is 14.0 Å². The molecule has 2 fully saturated rings. The van der Waals surface area contributed by atoms with Crippen LogP contribution in [0.2, 0.25) is 0 Å². The molecule has 1 unspecified atom stereocenters. The molecule has 0 aliphatic carbocycles. The quantitative estimate of drug-likeness (QED) is 0.867. The van der Waals surface area contributed by atoms with Crippen LogP contribution in [-0.2, 0) is 11.3 Å². The standard InChI is InChI=1S/C17H26N4O3/c1-20-8-3-5-17(14(20)15(18)22)6-9-21(10-7-17)16(23)19-12-13-4-2-11-24-13/h2,4,11,14H,3,5-10,12H2,1H3,(H2,18,22)(H,19,23). The number of likely N-dealkylation sites (N-methyl/N-ethyl adjacent to an activating group) is 1. The number of likely N-dealkylation sites (tertiary alicyclic amines) is 2. The van der Waals surface area contributed by atoms with Gasteiger partial charge >= 0.3 is 6.03 Å². The van der Waals surface area contributed by atoms with Crippen molar-refractivity contribution in [1.29, 1.82) is 0 Å². The fraction of sp³-hybridized carbons (Fsp3) is 0.647. The zero-order chi connectivity index (χ0) is 17.2. The summed E-state index contributed by atoms with van der Waals surface area (Å²) in [6.07, 6.45) is 5.31. The Morgan fingerprint density at radius 2 is 2.08 bits per heavy atom. The molecular formula is C17H26N4O3. The van der Waals surface area contributed by atoms with Gasteiger partial charge in [0.1, 0.15) is 5.76 Å². The first-order valence-corrected chi connectivity index (χ1v) is 8.56. The number of nitrogens with zero attached hydrogens (tertiary/aromatic N) is 2. The van der Waals surface area contributed by atoms with Gasteiger partial charge < -0.3 is 20.4 Å². The second-order valence-corrected chi connectivity index (χ2v) is 6.98. The minimum atomic E-state index is -0.243. The van der Waals surface area contributed by atoms with E-state index in [1.54, 1.807) is 12.3 Å². The summed E-state index contributed by atoms with van der Waals surface area (Å²) >= 11 is 0. The molecule has 3 rings (SSSR count). The Morgan fingerprint density at radius 1 is 1.33 bits per heavy atom. The molecular weight excluding hydrogens is 308 g/mol. The van der Waals surface area contributed by atoms with E-state index >= 15 is 0 Å². The minimum absolute atomic E-state index is 0.0824. The van der Waals surface area contributed by atoms with Gasteiger partial charge in [-0.15, -0.1) is 0 Å². The minimum Gasteiger partial charge on any atom is -0.467 e. The lowest BCUT2D eigenvalue weighted by Crippen LogP contribution is -2.61. The Bertz CT molecular complexity index is 579. The third-order valence-corrected chi connectivity index (χ3v) is 5.52. The zero-order valence-corrected chi connectivity index (χ0v) is 14.2. The van der Waals surface area contributed by atoms with Gasteiger partial charge in [-0.2, -0.15) is 0 Å². The van der Waals surface area contributed by atoms with Crippen molar-refractivity contribution in [3.8, 4) is 0 Å². The van der Waals surface area contributed by atoms with Gasteiger partial charge in [-0.1, -0.05) is 0 Å². The number of piperidine rings is 2. The lowest BCUT2D eigenvalue weighted by molar-refractivity contribution is -0.132. The SMILES string of the molecule is CN1CCCC2(CCN(C(=O)NCc3ccco3)CC2)C1C(N)=O. The molecule has 1 spiro atoms. The highest BCUT2D eigenvalue weighted by molar-refractivity contribution is 5.81. The first kappa shape index (κ1) is 16.8. The van der Waals surface area contributed by atoms with Crippen molar-refractivity contribution in [1.82, 2.24) is 15.1 Å². The number of hydrogen-bond acceptors (Lipinski definition) is 4. The van der Waals surface area contributed by atoms with Gasteiger partial charge in [0.15, 0.2) is 0 Å². The summed E-state index contributed by atoms with van der Waals surface area (Å²) in [6.45, 7) is 2.60. The number of nitrogens with two attached hydrogens (primary N) is 1. The molecule has 2 saturated heterocycles. The molecule has 0 radical (unpaired) electrons. The largest absolute Gasteiger partial charge is 0.467 e. The first-order chi connectivity index (χ1) is 11.5. The van der Waals surface area contributed by atoms with E-state index in [2.05, 4.69) is 10.2 Å². The smallest absolute Gasteiger partial charge is 0.317 e. The summed E-state index contributed by atoms with van der Waals surface area (Å²) in [7, 11) is 1.97. The lowest BCUT2D eigenvalue weighted by atomic mass is 9.66. The van der Waals surface area contributed by atoms with Crippen LogP contribution in [0.3, 0.4) is 0 Å². The molecule has 3 amide bonds. The van der Waals surface area contributed by atoms with Gasteiger partial charge in [-0.3, -0.25) is 9.69 Å². The number of carbonyl (C=O) groups excluding carboxylic acids is 2.